The lowest BCUT2D eigenvalue weighted by Gasteiger charge is -2.26. The summed E-state index contributed by atoms with van der Waals surface area (Å²) in [6, 6.07) is 6.29. The molecule has 2 bridgehead atoms. The van der Waals surface area contributed by atoms with Gasteiger partial charge in [-0.3, -0.25) is 4.90 Å². The summed E-state index contributed by atoms with van der Waals surface area (Å²) >= 11 is 6.13. The molecule has 0 unspecified atom stereocenters. The molecule has 7 nitrogen and oxygen atoms in total. The number of carbonyl (C=O) groups excluding carboxylic acids is 1. The van der Waals surface area contributed by atoms with Crippen LogP contribution in [-0.4, -0.2) is 62.8 Å². The molecule has 2 aliphatic rings. The van der Waals surface area contributed by atoms with Crippen molar-refractivity contribution in [2.75, 3.05) is 25.5 Å². The first kappa shape index (κ1) is 16.4. The summed E-state index contributed by atoms with van der Waals surface area (Å²) in [7, 11) is 2.17. The van der Waals surface area contributed by atoms with Crippen LogP contribution in [0.4, 0.5) is 10.5 Å². The molecule has 0 radical (unpaired) electrons. The van der Waals surface area contributed by atoms with Crippen LogP contribution < -0.4 is 5.32 Å². The number of anilines is 1. The molecular weight excluding hydrogens is 340 g/mol. The Morgan fingerprint density at radius 2 is 2.12 bits per heavy atom. The van der Waals surface area contributed by atoms with Gasteiger partial charge in [-0.1, -0.05) is 11.6 Å². The summed E-state index contributed by atoms with van der Waals surface area (Å²) in [4.78, 5) is 21.1. The molecule has 1 aromatic carbocycles. The molecule has 0 saturated carbocycles. The maximum absolute atomic E-state index is 12.8. The van der Waals surface area contributed by atoms with Crippen molar-refractivity contribution in [1.82, 2.24) is 24.6 Å². The maximum Gasteiger partial charge on any atom is 0.321 e. The van der Waals surface area contributed by atoms with E-state index in [2.05, 4.69) is 27.3 Å². The smallest absolute Gasteiger partial charge is 0.321 e. The van der Waals surface area contributed by atoms with E-state index >= 15 is 0 Å². The molecule has 0 aliphatic carbocycles. The van der Waals surface area contributed by atoms with Crippen LogP contribution in [0.2, 0.25) is 5.02 Å². The molecular formula is C17H21ClN6O. The van der Waals surface area contributed by atoms with Crippen LogP contribution in [0.3, 0.4) is 0 Å². The number of carbonyl (C=O) groups is 1. The number of halogens is 1. The Morgan fingerprint density at radius 1 is 1.28 bits per heavy atom. The average Bonchev–Trinajstić information content (AvgIpc) is 3.16. The average molecular weight is 361 g/mol. The van der Waals surface area contributed by atoms with Gasteiger partial charge >= 0.3 is 6.03 Å². The molecule has 3 heterocycles. The number of urea groups is 1. The lowest BCUT2D eigenvalue weighted by atomic mass is 10.1. The second-order valence-electron chi connectivity index (χ2n) is 6.72. The predicted octanol–water partition coefficient (Wildman–Crippen LogP) is 2.62. The van der Waals surface area contributed by atoms with Gasteiger partial charge in [0.15, 0.2) is 0 Å². The Morgan fingerprint density at radius 3 is 2.92 bits per heavy atom. The number of fused-ring (bicyclic) bond motifs is 2. The zero-order valence-corrected chi connectivity index (χ0v) is 14.9. The van der Waals surface area contributed by atoms with Crippen LogP contribution in [0.1, 0.15) is 19.3 Å². The molecule has 8 heteroatoms. The minimum absolute atomic E-state index is 0.0930. The van der Waals surface area contributed by atoms with Gasteiger partial charge in [0.2, 0.25) is 0 Å². The van der Waals surface area contributed by atoms with E-state index in [-0.39, 0.29) is 6.03 Å². The third kappa shape index (κ3) is 3.21. The van der Waals surface area contributed by atoms with Gasteiger partial charge in [-0.25, -0.2) is 14.5 Å². The van der Waals surface area contributed by atoms with Gasteiger partial charge in [-0.2, -0.15) is 5.10 Å². The molecule has 2 amide bonds. The van der Waals surface area contributed by atoms with Gasteiger partial charge in [0.25, 0.3) is 0 Å². The van der Waals surface area contributed by atoms with Crippen molar-refractivity contribution in [2.24, 2.45) is 0 Å². The van der Waals surface area contributed by atoms with Crippen molar-refractivity contribution in [2.45, 2.75) is 31.3 Å². The SMILES string of the molecule is CN1[C@H]2CC[C@@H]1CN(C(=O)Nc1cc(Cl)ccc1-n1cncn1)CC2. The third-order valence-electron chi connectivity index (χ3n) is 5.30. The summed E-state index contributed by atoms with van der Waals surface area (Å²) in [6.07, 6.45) is 6.47. The van der Waals surface area contributed by atoms with Crippen LogP contribution in [0.25, 0.3) is 5.69 Å². The number of hydrogen-bond acceptors (Lipinski definition) is 4. The standard InChI is InChI=1S/C17H21ClN6O/c1-22-13-3-4-14(22)9-23(7-6-13)17(25)21-15-8-12(18)2-5-16(15)24-11-19-10-20-24/h2,5,8,10-11,13-14H,3-4,6-7,9H2,1H3,(H,21,25)/t13-,14+/m0/s1. The van der Waals surface area contributed by atoms with Crippen LogP contribution >= 0.6 is 11.6 Å². The first-order valence-electron chi connectivity index (χ1n) is 8.54. The molecule has 2 saturated heterocycles. The highest BCUT2D eigenvalue weighted by Crippen LogP contribution is 2.29. The molecule has 2 fully saturated rings. The van der Waals surface area contributed by atoms with E-state index in [1.54, 1.807) is 23.1 Å². The lowest BCUT2D eigenvalue weighted by Crippen LogP contribution is -2.41. The summed E-state index contributed by atoms with van der Waals surface area (Å²) in [5, 5.41) is 7.71. The number of benzene rings is 1. The number of likely N-dealkylation sites (tertiary alicyclic amines) is 1. The first-order valence-corrected chi connectivity index (χ1v) is 8.92. The predicted molar refractivity (Wildman–Crippen MR) is 96.2 cm³/mol. The van der Waals surface area contributed by atoms with E-state index in [0.29, 0.717) is 22.8 Å². The van der Waals surface area contributed by atoms with E-state index in [1.807, 2.05) is 11.0 Å². The fraction of sp³-hybridized carbons (Fsp3) is 0.471. The van der Waals surface area contributed by atoms with Crippen LogP contribution in [0, 0.1) is 0 Å². The topological polar surface area (TPSA) is 66.3 Å². The third-order valence-corrected chi connectivity index (χ3v) is 5.54. The Hall–Kier alpha value is -2.12. The normalized spacial score (nSPS) is 23.5. The Kier molecular flexibility index (Phi) is 4.35. The van der Waals surface area contributed by atoms with Crippen LogP contribution in [0.5, 0.6) is 0 Å². The highest BCUT2D eigenvalue weighted by molar-refractivity contribution is 6.31. The number of amides is 2. The van der Waals surface area contributed by atoms with Gasteiger partial charge in [0.1, 0.15) is 12.7 Å². The van der Waals surface area contributed by atoms with E-state index in [9.17, 15) is 4.79 Å². The lowest BCUT2D eigenvalue weighted by molar-refractivity contribution is 0.200. The Labute approximate surface area is 151 Å². The molecule has 2 atom stereocenters. The van der Waals surface area contributed by atoms with E-state index in [0.717, 1.165) is 31.6 Å². The molecule has 25 heavy (non-hydrogen) atoms. The first-order chi connectivity index (χ1) is 12.1. The monoisotopic (exact) mass is 360 g/mol. The molecule has 4 rings (SSSR count). The van der Waals surface area contributed by atoms with Gasteiger partial charge in [-0.15, -0.1) is 0 Å². The number of nitrogens with one attached hydrogen (secondary N) is 1. The van der Waals surface area contributed by atoms with Gasteiger partial charge < -0.3 is 10.2 Å². The highest BCUT2D eigenvalue weighted by Gasteiger charge is 2.36. The van der Waals surface area contributed by atoms with E-state index in [1.165, 1.54) is 12.7 Å². The number of nitrogens with zero attached hydrogens (tertiary/aromatic N) is 5. The minimum Gasteiger partial charge on any atom is -0.323 e. The second kappa shape index (κ2) is 6.65. The molecule has 2 aromatic rings. The summed E-state index contributed by atoms with van der Waals surface area (Å²) in [6.45, 7) is 1.54. The minimum atomic E-state index is -0.0930. The van der Waals surface area contributed by atoms with Crippen molar-refractivity contribution < 1.29 is 4.79 Å². The Balaban J connectivity index is 1.54. The summed E-state index contributed by atoms with van der Waals surface area (Å²) < 4.78 is 1.62. The highest BCUT2D eigenvalue weighted by atomic mass is 35.5. The number of hydrogen-bond donors (Lipinski definition) is 1. The quantitative estimate of drug-likeness (QED) is 0.894. The number of aromatic nitrogens is 3. The zero-order chi connectivity index (χ0) is 17.4. The molecule has 132 valence electrons. The zero-order valence-electron chi connectivity index (χ0n) is 14.1. The second-order valence-corrected chi connectivity index (χ2v) is 7.15. The maximum atomic E-state index is 12.8. The Bertz CT molecular complexity index is 765. The van der Waals surface area contributed by atoms with Crippen molar-refractivity contribution in [3.8, 4) is 5.69 Å². The molecule has 1 N–H and O–H groups in total. The molecule has 1 aromatic heterocycles. The number of rotatable bonds is 2. The largest absolute Gasteiger partial charge is 0.323 e. The van der Waals surface area contributed by atoms with Crippen molar-refractivity contribution >= 4 is 23.3 Å². The fourth-order valence-electron chi connectivity index (χ4n) is 3.83. The fourth-order valence-corrected chi connectivity index (χ4v) is 4.00. The van der Waals surface area contributed by atoms with Gasteiger partial charge in [-0.05, 0) is 44.5 Å². The molecule has 2 aliphatic heterocycles. The summed E-state index contributed by atoms with van der Waals surface area (Å²) in [5.74, 6) is 0. The van der Waals surface area contributed by atoms with E-state index < -0.39 is 0 Å². The van der Waals surface area contributed by atoms with Crippen molar-refractivity contribution in [3.05, 3.63) is 35.9 Å². The van der Waals surface area contributed by atoms with E-state index in [4.69, 9.17) is 11.6 Å². The van der Waals surface area contributed by atoms with Crippen LogP contribution in [0.15, 0.2) is 30.9 Å². The van der Waals surface area contributed by atoms with Crippen LogP contribution in [-0.2, 0) is 0 Å². The number of likely N-dealkylation sites (N-methyl/N-ethyl adjacent to an activating group) is 1. The molecule has 0 spiro atoms. The summed E-state index contributed by atoms with van der Waals surface area (Å²) in [5.41, 5.74) is 1.37. The van der Waals surface area contributed by atoms with Gasteiger partial charge in [0.05, 0.1) is 11.4 Å². The van der Waals surface area contributed by atoms with Crippen molar-refractivity contribution in [1.29, 1.82) is 0 Å². The van der Waals surface area contributed by atoms with Gasteiger partial charge in [0, 0.05) is 30.2 Å². The van der Waals surface area contributed by atoms with Crippen molar-refractivity contribution in [3.63, 3.8) is 0 Å².